The SMILES string of the molecule is Cc1[nH]c(=O)c(C#N)c(C)c1CCC(=O)NCCN1C(=O)Cc2ccccc21. The van der Waals surface area contributed by atoms with Crippen LogP contribution in [0.1, 0.15) is 34.4 Å². The van der Waals surface area contributed by atoms with Gasteiger partial charge in [-0.15, -0.1) is 0 Å². The van der Waals surface area contributed by atoms with Crippen LogP contribution in [0.15, 0.2) is 29.1 Å². The normalized spacial score (nSPS) is 12.6. The Bertz CT molecular complexity index is 1030. The zero-order valence-corrected chi connectivity index (χ0v) is 16.0. The molecule has 144 valence electrons. The average Bonchev–Trinajstić information content (AvgIpc) is 2.97. The number of fused-ring (bicyclic) bond motifs is 1. The number of pyridine rings is 1. The second kappa shape index (κ2) is 8.09. The van der Waals surface area contributed by atoms with E-state index >= 15 is 0 Å². The fraction of sp³-hybridized carbons (Fsp3) is 0.333. The van der Waals surface area contributed by atoms with Gasteiger partial charge in [-0.1, -0.05) is 18.2 Å². The summed E-state index contributed by atoms with van der Waals surface area (Å²) in [5.41, 5.74) is 3.72. The minimum absolute atomic E-state index is 0.0407. The lowest BCUT2D eigenvalue weighted by Gasteiger charge is -2.18. The maximum atomic E-state index is 12.2. The molecular weight excluding hydrogens is 356 g/mol. The summed E-state index contributed by atoms with van der Waals surface area (Å²) >= 11 is 0. The van der Waals surface area contributed by atoms with Crippen molar-refractivity contribution in [3.8, 4) is 6.07 Å². The minimum atomic E-state index is -0.402. The molecule has 0 unspecified atom stereocenters. The highest BCUT2D eigenvalue weighted by atomic mass is 16.2. The van der Waals surface area contributed by atoms with Crippen LogP contribution in [0.2, 0.25) is 0 Å². The molecule has 0 atom stereocenters. The summed E-state index contributed by atoms with van der Waals surface area (Å²) in [4.78, 5) is 40.5. The molecule has 28 heavy (non-hydrogen) atoms. The molecule has 0 saturated heterocycles. The molecule has 1 aromatic carbocycles. The van der Waals surface area contributed by atoms with E-state index in [9.17, 15) is 14.4 Å². The zero-order valence-electron chi connectivity index (χ0n) is 16.0. The largest absolute Gasteiger partial charge is 0.354 e. The van der Waals surface area contributed by atoms with E-state index in [2.05, 4.69) is 10.3 Å². The zero-order chi connectivity index (χ0) is 20.3. The van der Waals surface area contributed by atoms with Crippen molar-refractivity contribution in [1.82, 2.24) is 10.3 Å². The van der Waals surface area contributed by atoms with Crippen molar-refractivity contribution in [3.05, 3.63) is 62.6 Å². The number of aromatic nitrogens is 1. The second-order valence-electron chi connectivity index (χ2n) is 6.87. The van der Waals surface area contributed by atoms with Gasteiger partial charge < -0.3 is 15.2 Å². The number of nitriles is 1. The molecule has 1 aromatic heterocycles. The van der Waals surface area contributed by atoms with Crippen LogP contribution in [0, 0.1) is 25.2 Å². The predicted octanol–water partition coefficient (Wildman–Crippen LogP) is 1.50. The first kappa shape index (κ1) is 19.4. The number of nitrogens with zero attached hydrogens (tertiary/aromatic N) is 2. The standard InChI is InChI=1S/C21H22N4O3/c1-13-16(14(2)24-21(28)17(13)12-22)7-8-19(26)23-9-10-25-18-6-4-3-5-15(18)11-20(25)27/h3-6H,7-11H2,1-2H3,(H,23,26)(H,24,28). The molecule has 0 aliphatic carbocycles. The van der Waals surface area contributed by atoms with Gasteiger partial charge in [-0.25, -0.2) is 0 Å². The summed E-state index contributed by atoms with van der Waals surface area (Å²) in [5.74, 6) is -0.0950. The number of aromatic amines is 1. The molecule has 0 bridgehead atoms. The maximum Gasteiger partial charge on any atom is 0.266 e. The van der Waals surface area contributed by atoms with E-state index < -0.39 is 5.56 Å². The number of carbonyl (C=O) groups is 2. The first-order valence-electron chi connectivity index (χ1n) is 9.19. The van der Waals surface area contributed by atoms with E-state index in [4.69, 9.17) is 5.26 Å². The number of amides is 2. The fourth-order valence-corrected chi connectivity index (χ4v) is 3.62. The number of nitrogens with one attached hydrogen (secondary N) is 2. The van der Waals surface area contributed by atoms with Gasteiger partial charge in [-0.2, -0.15) is 5.26 Å². The monoisotopic (exact) mass is 378 g/mol. The summed E-state index contributed by atoms with van der Waals surface area (Å²) in [6, 6.07) is 9.58. The molecule has 1 aliphatic rings. The molecule has 0 spiro atoms. The van der Waals surface area contributed by atoms with Gasteiger partial charge in [0.25, 0.3) is 5.56 Å². The van der Waals surface area contributed by atoms with Gasteiger partial charge in [0.15, 0.2) is 0 Å². The summed E-state index contributed by atoms with van der Waals surface area (Å²) in [6.07, 6.45) is 1.07. The lowest BCUT2D eigenvalue weighted by Crippen LogP contribution is -2.36. The third kappa shape index (κ3) is 3.81. The molecule has 0 saturated carbocycles. The number of H-pyrrole nitrogens is 1. The van der Waals surface area contributed by atoms with Gasteiger partial charge >= 0.3 is 0 Å². The fourth-order valence-electron chi connectivity index (χ4n) is 3.62. The Balaban J connectivity index is 1.55. The molecule has 0 radical (unpaired) electrons. The Morgan fingerprint density at radius 3 is 2.79 bits per heavy atom. The van der Waals surface area contributed by atoms with Crippen LogP contribution >= 0.6 is 0 Å². The van der Waals surface area contributed by atoms with E-state index in [0.717, 1.165) is 16.8 Å². The summed E-state index contributed by atoms with van der Waals surface area (Å²) < 4.78 is 0. The molecule has 2 N–H and O–H groups in total. The third-order valence-electron chi connectivity index (χ3n) is 5.11. The first-order valence-corrected chi connectivity index (χ1v) is 9.19. The Morgan fingerprint density at radius 1 is 1.29 bits per heavy atom. The quantitative estimate of drug-likeness (QED) is 0.794. The van der Waals surface area contributed by atoms with E-state index in [1.807, 2.05) is 30.3 Å². The molecule has 7 nitrogen and oxygen atoms in total. The number of para-hydroxylation sites is 1. The van der Waals surface area contributed by atoms with Gasteiger partial charge in [-0.05, 0) is 43.0 Å². The Hall–Kier alpha value is -3.40. The van der Waals surface area contributed by atoms with Crippen LogP contribution in [-0.2, 0) is 22.4 Å². The van der Waals surface area contributed by atoms with E-state index in [-0.39, 0.29) is 23.8 Å². The number of hydrogen-bond donors (Lipinski definition) is 2. The highest BCUT2D eigenvalue weighted by Crippen LogP contribution is 2.27. The van der Waals surface area contributed by atoms with Crippen LogP contribution in [-0.4, -0.2) is 29.9 Å². The Kier molecular flexibility index (Phi) is 5.59. The van der Waals surface area contributed by atoms with Crippen LogP contribution in [0.4, 0.5) is 5.69 Å². The summed E-state index contributed by atoms with van der Waals surface area (Å²) in [6.45, 7) is 4.28. The maximum absolute atomic E-state index is 12.2. The van der Waals surface area contributed by atoms with Gasteiger partial charge in [0, 0.05) is 30.9 Å². The smallest absolute Gasteiger partial charge is 0.266 e. The second-order valence-corrected chi connectivity index (χ2v) is 6.87. The van der Waals surface area contributed by atoms with Crippen molar-refractivity contribution in [2.24, 2.45) is 0 Å². The Labute approximate surface area is 163 Å². The van der Waals surface area contributed by atoms with Crippen LogP contribution in [0.3, 0.4) is 0 Å². The predicted molar refractivity (Wildman–Crippen MR) is 105 cm³/mol. The average molecular weight is 378 g/mol. The molecule has 1 aliphatic heterocycles. The van der Waals surface area contributed by atoms with Gasteiger partial charge in [0.1, 0.15) is 11.6 Å². The van der Waals surface area contributed by atoms with Crippen LogP contribution in [0.5, 0.6) is 0 Å². The van der Waals surface area contributed by atoms with Crippen LogP contribution < -0.4 is 15.8 Å². The highest BCUT2D eigenvalue weighted by Gasteiger charge is 2.26. The van der Waals surface area contributed by atoms with Crippen molar-refractivity contribution in [2.75, 3.05) is 18.0 Å². The van der Waals surface area contributed by atoms with Gasteiger partial charge in [0.2, 0.25) is 11.8 Å². The summed E-state index contributed by atoms with van der Waals surface area (Å²) in [5, 5.41) is 12.0. The first-order chi connectivity index (χ1) is 13.4. The number of rotatable bonds is 6. The van der Waals surface area contributed by atoms with E-state index in [1.165, 1.54) is 0 Å². The lowest BCUT2D eigenvalue weighted by molar-refractivity contribution is -0.121. The molecule has 0 fully saturated rings. The molecule has 2 aromatic rings. The number of aryl methyl sites for hydroxylation is 1. The van der Waals surface area contributed by atoms with Crippen LogP contribution in [0.25, 0.3) is 0 Å². The van der Waals surface area contributed by atoms with Crippen molar-refractivity contribution in [1.29, 1.82) is 5.26 Å². The highest BCUT2D eigenvalue weighted by molar-refractivity contribution is 6.01. The summed E-state index contributed by atoms with van der Waals surface area (Å²) in [7, 11) is 0. The number of benzene rings is 1. The number of anilines is 1. The minimum Gasteiger partial charge on any atom is -0.354 e. The van der Waals surface area contributed by atoms with Gasteiger partial charge in [-0.3, -0.25) is 14.4 Å². The van der Waals surface area contributed by atoms with Crippen molar-refractivity contribution < 1.29 is 9.59 Å². The van der Waals surface area contributed by atoms with Crippen molar-refractivity contribution in [2.45, 2.75) is 33.1 Å². The Morgan fingerprint density at radius 2 is 2.04 bits per heavy atom. The molecule has 3 rings (SSSR count). The van der Waals surface area contributed by atoms with E-state index in [0.29, 0.717) is 37.2 Å². The molecule has 2 amide bonds. The van der Waals surface area contributed by atoms with Crippen molar-refractivity contribution in [3.63, 3.8) is 0 Å². The topological polar surface area (TPSA) is 106 Å². The lowest BCUT2D eigenvalue weighted by atomic mass is 9.99. The molecule has 7 heteroatoms. The molecular formula is C21H22N4O3. The number of carbonyl (C=O) groups excluding carboxylic acids is 2. The number of hydrogen-bond acceptors (Lipinski definition) is 4. The van der Waals surface area contributed by atoms with E-state index in [1.54, 1.807) is 18.7 Å². The third-order valence-corrected chi connectivity index (χ3v) is 5.11. The van der Waals surface area contributed by atoms with Gasteiger partial charge in [0.05, 0.1) is 6.42 Å². The van der Waals surface area contributed by atoms with Crippen molar-refractivity contribution >= 4 is 17.5 Å². The molecule has 2 heterocycles.